The van der Waals surface area contributed by atoms with Crippen LogP contribution in [0.15, 0.2) is 47.4 Å². The van der Waals surface area contributed by atoms with Gasteiger partial charge in [-0.3, -0.25) is 4.79 Å². The van der Waals surface area contributed by atoms with Crippen LogP contribution in [-0.4, -0.2) is 28.5 Å². The number of hydrogen-bond donors (Lipinski definition) is 2. The lowest BCUT2D eigenvalue weighted by Crippen LogP contribution is -2.24. The van der Waals surface area contributed by atoms with Crippen LogP contribution in [-0.2, 0) is 16.6 Å². The van der Waals surface area contributed by atoms with Crippen LogP contribution in [0.1, 0.15) is 15.9 Å². The minimum atomic E-state index is -3.75. The molecule has 8 heteroatoms. The second-order valence-electron chi connectivity index (χ2n) is 4.85. The molecular formula is C16H17ClN2O4S. The standard InChI is InChI=1S/C16H17ClN2O4S/c1-18-24(21,22)15-9-11(7-8-14(15)23-2)16(20)19-10-12-5-3-4-6-13(12)17/h3-9,18H,10H2,1-2H3,(H,19,20). The summed E-state index contributed by atoms with van der Waals surface area (Å²) in [5.74, 6) is -0.253. The monoisotopic (exact) mass is 368 g/mol. The molecule has 0 aromatic heterocycles. The average Bonchev–Trinajstić information content (AvgIpc) is 2.60. The molecule has 0 bridgehead atoms. The molecule has 2 rings (SSSR count). The van der Waals surface area contributed by atoms with Crippen molar-refractivity contribution in [1.29, 1.82) is 0 Å². The highest BCUT2D eigenvalue weighted by molar-refractivity contribution is 7.89. The van der Waals surface area contributed by atoms with E-state index in [1.54, 1.807) is 18.2 Å². The van der Waals surface area contributed by atoms with Crippen molar-refractivity contribution in [2.75, 3.05) is 14.2 Å². The van der Waals surface area contributed by atoms with Crippen LogP contribution in [0.3, 0.4) is 0 Å². The first-order valence-corrected chi connectivity index (χ1v) is 8.88. The molecule has 2 aromatic rings. The minimum absolute atomic E-state index is 0.0992. The number of amides is 1. The van der Waals surface area contributed by atoms with Gasteiger partial charge in [-0.2, -0.15) is 0 Å². The molecule has 0 saturated heterocycles. The summed E-state index contributed by atoms with van der Waals surface area (Å²) in [5.41, 5.74) is 0.973. The van der Waals surface area contributed by atoms with Gasteiger partial charge in [0.2, 0.25) is 10.0 Å². The highest BCUT2D eigenvalue weighted by atomic mass is 35.5. The van der Waals surface area contributed by atoms with Crippen molar-refractivity contribution >= 4 is 27.5 Å². The summed E-state index contributed by atoms with van der Waals surface area (Å²) in [4.78, 5) is 12.2. The molecule has 0 fully saturated rings. The molecule has 0 aliphatic carbocycles. The van der Waals surface area contributed by atoms with Crippen molar-refractivity contribution in [3.05, 3.63) is 58.6 Å². The van der Waals surface area contributed by atoms with Crippen LogP contribution in [0, 0.1) is 0 Å². The van der Waals surface area contributed by atoms with Crippen LogP contribution in [0.4, 0.5) is 0 Å². The van der Waals surface area contributed by atoms with Gasteiger partial charge in [-0.25, -0.2) is 13.1 Å². The molecule has 0 atom stereocenters. The Kier molecular flexibility index (Phi) is 5.82. The number of carbonyl (C=O) groups is 1. The molecule has 0 spiro atoms. The van der Waals surface area contributed by atoms with Gasteiger partial charge in [0.1, 0.15) is 10.6 Å². The minimum Gasteiger partial charge on any atom is -0.495 e. The van der Waals surface area contributed by atoms with E-state index in [-0.39, 0.29) is 22.8 Å². The molecule has 24 heavy (non-hydrogen) atoms. The predicted molar refractivity (Wildman–Crippen MR) is 91.9 cm³/mol. The van der Waals surface area contributed by atoms with Crippen molar-refractivity contribution in [2.45, 2.75) is 11.4 Å². The van der Waals surface area contributed by atoms with Crippen LogP contribution >= 0.6 is 11.6 Å². The van der Waals surface area contributed by atoms with E-state index in [0.717, 1.165) is 5.56 Å². The molecule has 0 aliphatic rings. The number of methoxy groups -OCH3 is 1. The van der Waals surface area contributed by atoms with E-state index >= 15 is 0 Å². The number of sulfonamides is 1. The zero-order valence-electron chi connectivity index (χ0n) is 13.2. The predicted octanol–water partition coefficient (Wildman–Crippen LogP) is 2.19. The van der Waals surface area contributed by atoms with E-state index in [4.69, 9.17) is 16.3 Å². The normalized spacial score (nSPS) is 11.1. The van der Waals surface area contributed by atoms with Gasteiger partial charge < -0.3 is 10.1 Å². The SMILES string of the molecule is CNS(=O)(=O)c1cc(C(=O)NCc2ccccc2Cl)ccc1OC. The Bertz CT molecular complexity index is 853. The van der Waals surface area contributed by atoms with Crippen molar-refractivity contribution in [1.82, 2.24) is 10.0 Å². The van der Waals surface area contributed by atoms with Gasteiger partial charge >= 0.3 is 0 Å². The third-order valence-electron chi connectivity index (χ3n) is 3.38. The summed E-state index contributed by atoms with van der Waals surface area (Å²) >= 11 is 6.04. The van der Waals surface area contributed by atoms with Crippen LogP contribution in [0.5, 0.6) is 5.75 Å². The Morgan fingerprint density at radius 3 is 2.54 bits per heavy atom. The summed E-state index contributed by atoms with van der Waals surface area (Å²) < 4.78 is 31.3. The molecule has 0 aliphatic heterocycles. The van der Waals surface area contributed by atoms with Crippen molar-refractivity contribution in [2.24, 2.45) is 0 Å². The molecule has 2 N–H and O–H groups in total. The van der Waals surface area contributed by atoms with E-state index in [0.29, 0.717) is 5.02 Å². The van der Waals surface area contributed by atoms with Gasteiger partial charge in [0, 0.05) is 17.1 Å². The summed E-state index contributed by atoms with van der Waals surface area (Å²) in [6.45, 7) is 0.235. The van der Waals surface area contributed by atoms with Crippen LogP contribution in [0.2, 0.25) is 5.02 Å². The number of hydrogen-bond acceptors (Lipinski definition) is 4. The Morgan fingerprint density at radius 1 is 1.21 bits per heavy atom. The van der Waals surface area contributed by atoms with E-state index in [1.807, 2.05) is 6.07 Å². The number of ether oxygens (including phenoxy) is 1. The van der Waals surface area contributed by atoms with Gasteiger partial charge in [0.15, 0.2) is 0 Å². The third-order valence-corrected chi connectivity index (χ3v) is 5.19. The Morgan fingerprint density at radius 2 is 1.92 bits per heavy atom. The molecule has 0 heterocycles. The second-order valence-corrected chi connectivity index (χ2v) is 7.11. The molecule has 0 radical (unpaired) electrons. The maximum atomic E-state index is 12.3. The second kappa shape index (κ2) is 7.65. The van der Waals surface area contributed by atoms with E-state index in [9.17, 15) is 13.2 Å². The lowest BCUT2D eigenvalue weighted by atomic mass is 10.2. The van der Waals surface area contributed by atoms with Crippen molar-refractivity contribution < 1.29 is 17.9 Å². The summed E-state index contributed by atoms with van der Waals surface area (Å²) in [5, 5.41) is 3.26. The quantitative estimate of drug-likeness (QED) is 0.818. The molecule has 128 valence electrons. The average molecular weight is 369 g/mol. The maximum Gasteiger partial charge on any atom is 0.251 e. The van der Waals surface area contributed by atoms with Crippen molar-refractivity contribution in [3.63, 3.8) is 0 Å². The fourth-order valence-corrected chi connectivity index (χ4v) is 3.18. The zero-order valence-corrected chi connectivity index (χ0v) is 14.7. The molecule has 0 unspecified atom stereocenters. The highest BCUT2D eigenvalue weighted by Gasteiger charge is 2.20. The van der Waals surface area contributed by atoms with Gasteiger partial charge in [-0.15, -0.1) is 0 Å². The highest BCUT2D eigenvalue weighted by Crippen LogP contribution is 2.24. The van der Waals surface area contributed by atoms with E-state index < -0.39 is 15.9 Å². The lowest BCUT2D eigenvalue weighted by Gasteiger charge is -2.11. The lowest BCUT2D eigenvalue weighted by molar-refractivity contribution is 0.0950. The van der Waals surface area contributed by atoms with E-state index in [1.165, 1.54) is 32.4 Å². The molecule has 2 aromatic carbocycles. The van der Waals surface area contributed by atoms with Crippen molar-refractivity contribution in [3.8, 4) is 5.75 Å². The van der Waals surface area contributed by atoms with E-state index in [2.05, 4.69) is 10.0 Å². The molecular weight excluding hydrogens is 352 g/mol. The first-order valence-electron chi connectivity index (χ1n) is 7.02. The Hall–Kier alpha value is -2.09. The fourth-order valence-electron chi connectivity index (χ4n) is 2.06. The van der Waals surface area contributed by atoms with Gasteiger partial charge in [0.05, 0.1) is 7.11 Å². The molecule has 1 amide bonds. The number of halogens is 1. The number of benzene rings is 2. The first-order chi connectivity index (χ1) is 11.4. The Balaban J connectivity index is 2.24. The fraction of sp³-hybridized carbons (Fsp3) is 0.188. The summed E-state index contributed by atoms with van der Waals surface area (Å²) in [6.07, 6.45) is 0. The van der Waals surface area contributed by atoms with Crippen LogP contribution < -0.4 is 14.8 Å². The summed E-state index contributed by atoms with van der Waals surface area (Å²) in [7, 11) is -1.09. The smallest absolute Gasteiger partial charge is 0.251 e. The summed E-state index contributed by atoms with van der Waals surface area (Å²) in [6, 6.07) is 11.3. The number of rotatable bonds is 6. The Labute approximate surface area is 145 Å². The largest absolute Gasteiger partial charge is 0.495 e. The molecule has 0 saturated carbocycles. The number of carbonyl (C=O) groups excluding carboxylic acids is 1. The number of nitrogens with one attached hydrogen (secondary N) is 2. The first kappa shape index (κ1) is 18.3. The molecule has 6 nitrogen and oxygen atoms in total. The van der Waals surface area contributed by atoms with Crippen LogP contribution in [0.25, 0.3) is 0 Å². The maximum absolute atomic E-state index is 12.3. The van der Waals surface area contributed by atoms with Gasteiger partial charge in [-0.05, 0) is 36.9 Å². The van der Waals surface area contributed by atoms with Gasteiger partial charge in [-0.1, -0.05) is 29.8 Å². The topological polar surface area (TPSA) is 84.5 Å². The third kappa shape index (κ3) is 4.05. The zero-order chi connectivity index (χ0) is 17.7. The van der Waals surface area contributed by atoms with Gasteiger partial charge in [0.25, 0.3) is 5.91 Å².